The Labute approximate surface area is 101 Å². The van der Waals surface area contributed by atoms with Crippen LogP contribution in [0.4, 0.5) is 10.1 Å². The Hall–Kier alpha value is -1.38. The molecule has 1 aliphatic rings. The number of halogens is 1. The molecule has 1 saturated heterocycles. The Kier molecular flexibility index (Phi) is 3.46. The smallest absolute Gasteiger partial charge is 0.164 e. The Morgan fingerprint density at radius 3 is 2.94 bits per heavy atom. The lowest BCUT2D eigenvalue weighted by molar-refractivity contribution is 0.101. The summed E-state index contributed by atoms with van der Waals surface area (Å²) >= 11 is 0. The molecule has 0 radical (unpaired) electrons. The fraction of sp³-hybridized carbons (Fsp3) is 0.500. The first kappa shape index (κ1) is 12.1. The minimum Gasteiger partial charge on any atom is -0.368 e. The molecule has 1 aliphatic heterocycles. The average Bonchev–Trinajstić information content (AvgIpc) is 2.75. The molecule has 0 N–H and O–H groups in total. The van der Waals surface area contributed by atoms with Crippen LogP contribution in [-0.2, 0) is 0 Å². The number of Topliss-reactive ketones (excluding diaryl/α,β-unsaturated/α-hetero) is 1. The standard InChI is InChI=1S/C14H18FNO/c1-3-11-6-5-9-16(11)13-8-4-7-12(15)14(13)10(2)17/h4,7-8,11H,3,5-6,9H2,1-2H3. The molecule has 1 aromatic carbocycles. The molecule has 1 atom stereocenters. The summed E-state index contributed by atoms with van der Waals surface area (Å²) in [5.74, 6) is -0.600. The van der Waals surface area contributed by atoms with Crippen molar-refractivity contribution in [3.8, 4) is 0 Å². The molecular weight excluding hydrogens is 217 g/mol. The van der Waals surface area contributed by atoms with Crippen LogP contribution in [0.2, 0.25) is 0 Å². The average molecular weight is 235 g/mol. The van der Waals surface area contributed by atoms with Crippen LogP contribution in [0.1, 0.15) is 43.5 Å². The second-order valence-electron chi connectivity index (χ2n) is 4.59. The normalized spacial score (nSPS) is 19.7. The van der Waals surface area contributed by atoms with E-state index in [0.717, 1.165) is 31.5 Å². The van der Waals surface area contributed by atoms with E-state index in [1.165, 1.54) is 13.0 Å². The van der Waals surface area contributed by atoms with Gasteiger partial charge in [0.2, 0.25) is 0 Å². The number of benzene rings is 1. The lowest BCUT2D eigenvalue weighted by Gasteiger charge is -2.27. The fourth-order valence-electron chi connectivity index (χ4n) is 2.68. The Morgan fingerprint density at radius 1 is 1.53 bits per heavy atom. The van der Waals surface area contributed by atoms with Crippen LogP contribution < -0.4 is 4.90 Å². The van der Waals surface area contributed by atoms with Crippen molar-refractivity contribution in [3.63, 3.8) is 0 Å². The van der Waals surface area contributed by atoms with Gasteiger partial charge in [0.15, 0.2) is 5.78 Å². The van der Waals surface area contributed by atoms with Gasteiger partial charge in [0.1, 0.15) is 5.82 Å². The van der Waals surface area contributed by atoms with Crippen LogP contribution in [0.5, 0.6) is 0 Å². The van der Waals surface area contributed by atoms with E-state index < -0.39 is 5.82 Å². The van der Waals surface area contributed by atoms with Gasteiger partial charge in [-0.1, -0.05) is 13.0 Å². The maximum atomic E-state index is 13.7. The maximum absolute atomic E-state index is 13.7. The summed E-state index contributed by atoms with van der Waals surface area (Å²) in [5, 5.41) is 0. The number of ketones is 1. The molecule has 1 heterocycles. The predicted molar refractivity (Wildman–Crippen MR) is 67.1 cm³/mol. The predicted octanol–water partition coefficient (Wildman–Crippen LogP) is 3.41. The first-order valence-electron chi connectivity index (χ1n) is 6.21. The third-order valence-corrected chi connectivity index (χ3v) is 3.50. The molecule has 2 nitrogen and oxygen atoms in total. The van der Waals surface area contributed by atoms with Crippen LogP contribution in [0, 0.1) is 5.82 Å². The number of hydrogen-bond acceptors (Lipinski definition) is 2. The molecule has 1 aromatic rings. The highest BCUT2D eigenvalue weighted by Gasteiger charge is 2.26. The molecule has 0 aromatic heterocycles. The number of nitrogens with zero attached hydrogens (tertiary/aromatic N) is 1. The zero-order chi connectivity index (χ0) is 12.4. The molecule has 2 rings (SSSR count). The molecule has 92 valence electrons. The van der Waals surface area contributed by atoms with Gasteiger partial charge in [-0.05, 0) is 38.3 Å². The van der Waals surface area contributed by atoms with Gasteiger partial charge in [-0.15, -0.1) is 0 Å². The molecule has 0 aliphatic carbocycles. The minimum atomic E-state index is -0.406. The summed E-state index contributed by atoms with van der Waals surface area (Å²) in [5.41, 5.74) is 1.01. The van der Waals surface area contributed by atoms with Crippen molar-refractivity contribution in [2.24, 2.45) is 0 Å². The van der Waals surface area contributed by atoms with Gasteiger partial charge in [0.05, 0.1) is 11.3 Å². The van der Waals surface area contributed by atoms with Crippen LogP contribution in [0.3, 0.4) is 0 Å². The topological polar surface area (TPSA) is 20.3 Å². The molecule has 0 spiro atoms. The first-order valence-corrected chi connectivity index (χ1v) is 6.21. The summed E-state index contributed by atoms with van der Waals surface area (Å²) in [7, 11) is 0. The quantitative estimate of drug-likeness (QED) is 0.748. The number of carbonyl (C=O) groups is 1. The molecule has 17 heavy (non-hydrogen) atoms. The van der Waals surface area contributed by atoms with Crippen LogP contribution in [0.15, 0.2) is 18.2 Å². The molecule has 0 bridgehead atoms. The zero-order valence-corrected chi connectivity index (χ0v) is 10.4. The van der Waals surface area contributed by atoms with E-state index >= 15 is 0 Å². The third-order valence-electron chi connectivity index (χ3n) is 3.50. The van der Waals surface area contributed by atoms with Gasteiger partial charge in [-0.3, -0.25) is 4.79 Å². The lowest BCUT2D eigenvalue weighted by atomic mass is 10.1. The Balaban J connectivity index is 2.44. The Morgan fingerprint density at radius 2 is 2.29 bits per heavy atom. The second kappa shape index (κ2) is 4.86. The van der Waals surface area contributed by atoms with Gasteiger partial charge < -0.3 is 4.90 Å². The van der Waals surface area contributed by atoms with Crippen molar-refractivity contribution in [3.05, 3.63) is 29.6 Å². The second-order valence-corrected chi connectivity index (χ2v) is 4.59. The molecule has 1 unspecified atom stereocenters. The van der Waals surface area contributed by atoms with E-state index in [2.05, 4.69) is 11.8 Å². The van der Waals surface area contributed by atoms with Crippen molar-refractivity contribution in [1.82, 2.24) is 0 Å². The van der Waals surface area contributed by atoms with Crippen LogP contribution in [0.25, 0.3) is 0 Å². The zero-order valence-electron chi connectivity index (χ0n) is 10.4. The number of rotatable bonds is 3. The molecular formula is C14H18FNO. The first-order chi connectivity index (χ1) is 8.15. The van der Waals surface area contributed by atoms with Gasteiger partial charge in [-0.2, -0.15) is 0 Å². The summed E-state index contributed by atoms with van der Waals surface area (Å²) in [6, 6.07) is 5.34. The van der Waals surface area contributed by atoms with Crippen LogP contribution in [-0.4, -0.2) is 18.4 Å². The van der Waals surface area contributed by atoms with Crippen molar-refractivity contribution in [2.75, 3.05) is 11.4 Å². The number of carbonyl (C=O) groups excluding carboxylic acids is 1. The SMILES string of the molecule is CCC1CCCN1c1cccc(F)c1C(C)=O. The number of hydrogen-bond donors (Lipinski definition) is 0. The molecule has 0 amide bonds. The van der Waals surface area contributed by atoms with Crippen molar-refractivity contribution >= 4 is 11.5 Å². The lowest BCUT2D eigenvalue weighted by Crippen LogP contribution is -2.30. The van der Waals surface area contributed by atoms with E-state index in [0.29, 0.717) is 6.04 Å². The van der Waals surface area contributed by atoms with Crippen molar-refractivity contribution in [2.45, 2.75) is 39.2 Å². The van der Waals surface area contributed by atoms with E-state index in [1.807, 2.05) is 6.07 Å². The monoisotopic (exact) mass is 235 g/mol. The third kappa shape index (κ3) is 2.19. The van der Waals surface area contributed by atoms with E-state index in [-0.39, 0.29) is 11.3 Å². The van der Waals surface area contributed by atoms with E-state index in [9.17, 15) is 9.18 Å². The van der Waals surface area contributed by atoms with E-state index in [1.54, 1.807) is 6.07 Å². The summed E-state index contributed by atoms with van der Waals surface area (Å²) in [6.45, 7) is 4.48. The minimum absolute atomic E-state index is 0.195. The molecule has 3 heteroatoms. The van der Waals surface area contributed by atoms with Crippen molar-refractivity contribution in [1.29, 1.82) is 0 Å². The fourth-order valence-corrected chi connectivity index (χ4v) is 2.68. The Bertz CT molecular complexity index is 430. The maximum Gasteiger partial charge on any atom is 0.164 e. The van der Waals surface area contributed by atoms with E-state index in [4.69, 9.17) is 0 Å². The summed E-state index contributed by atoms with van der Waals surface area (Å²) in [6.07, 6.45) is 3.28. The largest absolute Gasteiger partial charge is 0.368 e. The highest BCUT2D eigenvalue weighted by Crippen LogP contribution is 2.31. The molecule has 0 saturated carbocycles. The summed E-state index contributed by atoms with van der Waals surface area (Å²) in [4.78, 5) is 13.8. The highest BCUT2D eigenvalue weighted by atomic mass is 19.1. The molecule has 1 fully saturated rings. The number of anilines is 1. The van der Waals surface area contributed by atoms with Gasteiger partial charge in [-0.25, -0.2) is 4.39 Å². The highest BCUT2D eigenvalue weighted by molar-refractivity contribution is 6.00. The van der Waals surface area contributed by atoms with Crippen LogP contribution >= 0.6 is 0 Å². The van der Waals surface area contributed by atoms with Crippen molar-refractivity contribution < 1.29 is 9.18 Å². The summed E-state index contributed by atoms with van der Waals surface area (Å²) < 4.78 is 13.7. The van der Waals surface area contributed by atoms with Gasteiger partial charge in [0, 0.05) is 12.6 Å². The van der Waals surface area contributed by atoms with Gasteiger partial charge >= 0.3 is 0 Å². The van der Waals surface area contributed by atoms with Gasteiger partial charge in [0.25, 0.3) is 0 Å².